The van der Waals surface area contributed by atoms with E-state index in [0.29, 0.717) is 6.54 Å². The molecule has 0 radical (unpaired) electrons. The molecule has 0 unspecified atom stereocenters. The average molecular weight is 382 g/mol. The number of thiophene rings is 1. The fraction of sp³-hybridized carbons (Fsp3) is 0.312. The van der Waals surface area contributed by atoms with Crippen molar-refractivity contribution < 1.29 is 4.74 Å². The number of hydrogen-bond acceptors (Lipinski definition) is 3. The van der Waals surface area contributed by atoms with Gasteiger partial charge in [-0.25, -0.2) is 4.99 Å². The first-order valence-corrected chi connectivity index (χ1v) is 8.71. The van der Waals surface area contributed by atoms with Gasteiger partial charge in [-0.05, 0) is 52.7 Å². The SMILES string of the molecule is CCNC(=NCc1ccc(OC)cc1)NCc1ccc(Br)s1. The summed E-state index contributed by atoms with van der Waals surface area (Å²) in [5.41, 5.74) is 1.15. The first kappa shape index (κ1) is 16.8. The van der Waals surface area contributed by atoms with E-state index in [2.05, 4.69) is 50.6 Å². The zero-order valence-electron chi connectivity index (χ0n) is 12.7. The first-order valence-electron chi connectivity index (χ1n) is 7.10. The summed E-state index contributed by atoms with van der Waals surface area (Å²) in [6, 6.07) is 12.1. The minimum absolute atomic E-state index is 0.632. The van der Waals surface area contributed by atoms with Gasteiger partial charge >= 0.3 is 0 Å². The van der Waals surface area contributed by atoms with E-state index in [1.54, 1.807) is 18.4 Å². The number of rotatable bonds is 6. The number of guanidine groups is 1. The van der Waals surface area contributed by atoms with E-state index in [-0.39, 0.29) is 0 Å². The van der Waals surface area contributed by atoms with Crippen LogP contribution in [-0.4, -0.2) is 19.6 Å². The second kappa shape index (κ2) is 8.80. The molecule has 0 spiro atoms. The Labute approximate surface area is 143 Å². The molecule has 2 rings (SSSR count). The van der Waals surface area contributed by atoms with Gasteiger partial charge in [-0.1, -0.05) is 12.1 Å². The molecule has 118 valence electrons. The highest BCUT2D eigenvalue weighted by Gasteiger charge is 2.01. The number of aliphatic imine (C=N–C) groups is 1. The number of ether oxygens (including phenoxy) is 1. The normalized spacial score (nSPS) is 11.3. The van der Waals surface area contributed by atoms with Crippen LogP contribution in [0.5, 0.6) is 5.75 Å². The Kier molecular flexibility index (Phi) is 6.74. The van der Waals surface area contributed by atoms with Crippen molar-refractivity contribution in [3.63, 3.8) is 0 Å². The largest absolute Gasteiger partial charge is 0.497 e. The van der Waals surface area contributed by atoms with Gasteiger partial charge in [0.2, 0.25) is 0 Å². The minimum Gasteiger partial charge on any atom is -0.497 e. The van der Waals surface area contributed by atoms with Crippen LogP contribution in [0.1, 0.15) is 17.4 Å². The summed E-state index contributed by atoms with van der Waals surface area (Å²) in [6.07, 6.45) is 0. The van der Waals surface area contributed by atoms with Crippen LogP contribution in [-0.2, 0) is 13.1 Å². The lowest BCUT2D eigenvalue weighted by Crippen LogP contribution is -2.36. The Hall–Kier alpha value is -1.53. The lowest BCUT2D eigenvalue weighted by Gasteiger charge is -2.10. The highest BCUT2D eigenvalue weighted by atomic mass is 79.9. The van der Waals surface area contributed by atoms with Crippen LogP contribution in [0.15, 0.2) is 45.2 Å². The molecule has 22 heavy (non-hydrogen) atoms. The van der Waals surface area contributed by atoms with E-state index in [0.717, 1.165) is 34.1 Å². The summed E-state index contributed by atoms with van der Waals surface area (Å²) in [5, 5.41) is 6.61. The molecule has 0 bridgehead atoms. The molecule has 0 atom stereocenters. The summed E-state index contributed by atoms with van der Waals surface area (Å²) in [5.74, 6) is 1.68. The second-order valence-corrected chi connectivity index (χ2v) is 7.15. The first-order chi connectivity index (χ1) is 10.7. The van der Waals surface area contributed by atoms with Crippen LogP contribution in [0.25, 0.3) is 0 Å². The van der Waals surface area contributed by atoms with E-state index in [4.69, 9.17) is 4.74 Å². The number of halogens is 1. The standard InChI is InChI=1S/C16H20BrN3OS/c1-3-18-16(20-11-14-8-9-15(17)22-14)19-10-12-4-6-13(21-2)7-5-12/h4-9H,3,10-11H2,1-2H3,(H2,18,19,20). The third-order valence-corrected chi connectivity index (χ3v) is 4.61. The van der Waals surface area contributed by atoms with E-state index >= 15 is 0 Å². The molecule has 1 aromatic heterocycles. The maximum Gasteiger partial charge on any atom is 0.191 e. The molecule has 1 aromatic carbocycles. The summed E-state index contributed by atoms with van der Waals surface area (Å²) >= 11 is 5.20. The van der Waals surface area contributed by atoms with Crippen molar-refractivity contribution in [3.8, 4) is 5.75 Å². The molecule has 4 nitrogen and oxygen atoms in total. The molecule has 0 aliphatic heterocycles. The van der Waals surface area contributed by atoms with Gasteiger partial charge in [0.1, 0.15) is 5.75 Å². The molecule has 6 heteroatoms. The van der Waals surface area contributed by atoms with Gasteiger partial charge in [0.25, 0.3) is 0 Å². The fourth-order valence-electron chi connectivity index (χ4n) is 1.86. The molecule has 0 amide bonds. The predicted octanol–water partition coefficient (Wildman–Crippen LogP) is 3.77. The third-order valence-electron chi connectivity index (χ3n) is 2.98. The van der Waals surface area contributed by atoms with Crippen LogP contribution >= 0.6 is 27.3 Å². The lowest BCUT2D eigenvalue weighted by molar-refractivity contribution is 0.414. The highest BCUT2D eigenvalue weighted by molar-refractivity contribution is 9.11. The van der Waals surface area contributed by atoms with Crippen molar-refractivity contribution >= 4 is 33.2 Å². The van der Waals surface area contributed by atoms with Gasteiger partial charge in [-0.2, -0.15) is 0 Å². The zero-order chi connectivity index (χ0) is 15.8. The van der Waals surface area contributed by atoms with Crippen LogP contribution < -0.4 is 15.4 Å². The maximum atomic E-state index is 5.16. The van der Waals surface area contributed by atoms with Crippen molar-refractivity contribution in [3.05, 3.63) is 50.6 Å². The molecule has 1 heterocycles. The molecule has 0 saturated heterocycles. The van der Waals surface area contributed by atoms with Crippen LogP contribution in [0, 0.1) is 0 Å². The van der Waals surface area contributed by atoms with E-state index in [1.807, 2.05) is 24.3 Å². The molecular formula is C16H20BrN3OS. The Morgan fingerprint density at radius 1 is 1.18 bits per heavy atom. The molecule has 0 aliphatic rings. The minimum atomic E-state index is 0.632. The van der Waals surface area contributed by atoms with E-state index < -0.39 is 0 Å². The maximum absolute atomic E-state index is 5.16. The summed E-state index contributed by atoms with van der Waals surface area (Å²) < 4.78 is 6.30. The van der Waals surface area contributed by atoms with E-state index in [1.165, 1.54) is 4.88 Å². The third kappa shape index (κ3) is 5.35. The molecule has 0 fully saturated rings. The van der Waals surface area contributed by atoms with Gasteiger partial charge in [-0.3, -0.25) is 0 Å². The average Bonchev–Trinajstić information content (AvgIpc) is 2.96. The Bertz CT molecular complexity index is 610. The number of methoxy groups -OCH3 is 1. The van der Waals surface area contributed by atoms with E-state index in [9.17, 15) is 0 Å². The van der Waals surface area contributed by atoms with Crippen LogP contribution in [0.4, 0.5) is 0 Å². The molecule has 2 N–H and O–H groups in total. The van der Waals surface area contributed by atoms with Crippen molar-refractivity contribution in [2.24, 2.45) is 4.99 Å². The van der Waals surface area contributed by atoms with Gasteiger partial charge in [-0.15, -0.1) is 11.3 Å². The monoisotopic (exact) mass is 381 g/mol. The highest BCUT2D eigenvalue weighted by Crippen LogP contribution is 2.21. The molecular weight excluding hydrogens is 362 g/mol. The lowest BCUT2D eigenvalue weighted by atomic mass is 10.2. The van der Waals surface area contributed by atoms with Gasteiger partial charge < -0.3 is 15.4 Å². The molecule has 2 aromatic rings. The summed E-state index contributed by atoms with van der Waals surface area (Å²) in [7, 11) is 1.67. The molecule has 0 aliphatic carbocycles. The van der Waals surface area contributed by atoms with Gasteiger partial charge in [0, 0.05) is 11.4 Å². The Morgan fingerprint density at radius 2 is 1.95 bits per heavy atom. The summed E-state index contributed by atoms with van der Waals surface area (Å²) in [4.78, 5) is 5.87. The number of nitrogens with one attached hydrogen (secondary N) is 2. The number of hydrogen-bond donors (Lipinski definition) is 2. The zero-order valence-corrected chi connectivity index (χ0v) is 15.1. The second-order valence-electron chi connectivity index (χ2n) is 4.60. The Balaban J connectivity index is 1.93. The van der Waals surface area contributed by atoms with Crippen molar-refractivity contribution in [2.75, 3.05) is 13.7 Å². The topological polar surface area (TPSA) is 45.7 Å². The molecule has 0 saturated carbocycles. The van der Waals surface area contributed by atoms with Crippen LogP contribution in [0.2, 0.25) is 0 Å². The van der Waals surface area contributed by atoms with Gasteiger partial charge in [0.15, 0.2) is 5.96 Å². The smallest absolute Gasteiger partial charge is 0.191 e. The number of nitrogens with zero attached hydrogens (tertiary/aromatic N) is 1. The van der Waals surface area contributed by atoms with Crippen molar-refractivity contribution in [2.45, 2.75) is 20.0 Å². The van der Waals surface area contributed by atoms with Gasteiger partial charge in [0.05, 0.1) is 24.0 Å². The number of benzene rings is 1. The Morgan fingerprint density at radius 3 is 2.55 bits per heavy atom. The predicted molar refractivity (Wildman–Crippen MR) is 96.7 cm³/mol. The fourth-order valence-corrected chi connectivity index (χ4v) is 3.28. The quantitative estimate of drug-likeness (QED) is 0.591. The summed E-state index contributed by atoms with van der Waals surface area (Å²) in [6.45, 7) is 4.30. The van der Waals surface area contributed by atoms with Crippen molar-refractivity contribution in [1.82, 2.24) is 10.6 Å². The van der Waals surface area contributed by atoms with Crippen LogP contribution in [0.3, 0.4) is 0 Å². The van der Waals surface area contributed by atoms with Crippen molar-refractivity contribution in [1.29, 1.82) is 0 Å².